The standard InChI is InChI=1S/C14H14N4O2S/c15-11-3-4-13-12(6-11)14(9-17-13)21(19,20)18-8-10-2-1-5-16-7-10/h1-7,9,17-18H,8,15H2. The Labute approximate surface area is 122 Å². The van der Waals surface area contributed by atoms with E-state index in [-0.39, 0.29) is 11.4 Å². The van der Waals surface area contributed by atoms with Crippen molar-refractivity contribution in [1.29, 1.82) is 0 Å². The van der Waals surface area contributed by atoms with Gasteiger partial charge in [0, 0.05) is 41.7 Å². The molecule has 7 heteroatoms. The third-order valence-electron chi connectivity index (χ3n) is 3.15. The first kappa shape index (κ1) is 13.6. The third kappa shape index (κ3) is 2.74. The summed E-state index contributed by atoms with van der Waals surface area (Å²) in [4.78, 5) is 7.07. The van der Waals surface area contributed by atoms with Gasteiger partial charge in [0.05, 0.1) is 0 Å². The van der Waals surface area contributed by atoms with Crippen LogP contribution >= 0.6 is 0 Å². The molecule has 2 aromatic heterocycles. The first-order valence-corrected chi connectivity index (χ1v) is 7.80. The van der Waals surface area contributed by atoms with E-state index in [1.54, 1.807) is 36.7 Å². The summed E-state index contributed by atoms with van der Waals surface area (Å²) >= 11 is 0. The maximum absolute atomic E-state index is 12.4. The largest absolute Gasteiger partial charge is 0.399 e. The van der Waals surface area contributed by atoms with Gasteiger partial charge in [-0.3, -0.25) is 4.98 Å². The molecule has 1 aromatic carbocycles. The number of hydrogen-bond donors (Lipinski definition) is 3. The normalized spacial score (nSPS) is 11.8. The molecule has 4 N–H and O–H groups in total. The van der Waals surface area contributed by atoms with Gasteiger partial charge in [-0.15, -0.1) is 0 Å². The highest BCUT2D eigenvalue weighted by Crippen LogP contribution is 2.24. The summed E-state index contributed by atoms with van der Waals surface area (Å²) in [5.74, 6) is 0. The molecule has 3 aromatic rings. The molecule has 0 spiro atoms. The maximum Gasteiger partial charge on any atom is 0.242 e. The van der Waals surface area contributed by atoms with Gasteiger partial charge in [0.15, 0.2) is 0 Å². The van der Waals surface area contributed by atoms with Crippen molar-refractivity contribution >= 4 is 26.6 Å². The number of H-pyrrole nitrogens is 1. The summed E-state index contributed by atoms with van der Waals surface area (Å²) in [7, 11) is -3.62. The zero-order chi connectivity index (χ0) is 14.9. The van der Waals surface area contributed by atoms with E-state index in [1.807, 2.05) is 6.07 Å². The van der Waals surface area contributed by atoms with Crippen LogP contribution in [-0.4, -0.2) is 18.4 Å². The molecule has 0 unspecified atom stereocenters. The summed E-state index contributed by atoms with van der Waals surface area (Å²) in [5.41, 5.74) is 7.76. The molecule has 6 nitrogen and oxygen atoms in total. The molecule has 108 valence electrons. The van der Waals surface area contributed by atoms with Crippen molar-refractivity contribution in [2.45, 2.75) is 11.4 Å². The highest BCUT2D eigenvalue weighted by Gasteiger charge is 2.18. The Morgan fingerprint density at radius 1 is 1.29 bits per heavy atom. The van der Waals surface area contributed by atoms with Crippen LogP contribution in [0, 0.1) is 0 Å². The van der Waals surface area contributed by atoms with E-state index in [2.05, 4.69) is 14.7 Å². The molecule has 21 heavy (non-hydrogen) atoms. The first-order valence-electron chi connectivity index (χ1n) is 6.31. The molecule has 0 radical (unpaired) electrons. The molecule has 0 amide bonds. The van der Waals surface area contributed by atoms with Gasteiger partial charge in [-0.25, -0.2) is 13.1 Å². The Kier molecular flexibility index (Phi) is 3.36. The summed E-state index contributed by atoms with van der Waals surface area (Å²) in [5, 5.41) is 0.577. The second-order valence-electron chi connectivity index (χ2n) is 4.64. The van der Waals surface area contributed by atoms with Crippen molar-refractivity contribution in [2.24, 2.45) is 0 Å². The number of benzene rings is 1. The van der Waals surface area contributed by atoms with Crippen LogP contribution in [0.25, 0.3) is 10.9 Å². The highest BCUT2D eigenvalue weighted by atomic mass is 32.2. The average molecular weight is 302 g/mol. The number of sulfonamides is 1. The summed E-state index contributed by atoms with van der Waals surface area (Å²) in [6, 6.07) is 8.69. The number of nitrogens with one attached hydrogen (secondary N) is 2. The quantitative estimate of drug-likeness (QED) is 0.637. The molecular formula is C14H14N4O2S. The van der Waals surface area contributed by atoms with Crippen molar-refractivity contribution in [3.63, 3.8) is 0 Å². The highest BCUT2D eigenvalue weighted by molar-refractivity contribution is 7.89. The fourth-order valence-corrected chi connectivity index (χ4v) is 3.28. The van der Waals surface area contributed by atoms with E-state index in [9.17, 15) is 8.42 Å². The van der Waals surface area contributed by atoms with E-state index in [4.69, 9.17) is 5.73 Å². The molecule has 0 aliphatic heterocycles. The van der Waals surface area contributed by atoms with Crippen molar-refractivity contribution in [3.05, 3.63) is 54.5 Å². The molecule has 0 atom stereocenters. The van der Waals surface area contributed by atoms with Crippen molar-refractivity contribution in [2.75, 3.05) is 5.73 Å². The van der Waals surface area contributed by atoms with Crippen molar-refractivity contribution in [1.82, 2.24) is 14.7 Å². The van der Waals surface area contributed by atoms with E-state index in [0.717, 1.165) is 11.1 Å². The zero-order valence-corrected chi connectivity index (χ0v) is 11.9. The number of nitrogens with two attached hydrogens (primary N) is 1. The van der Waals surface area contributed by atoms with Gasteiger partial charge < -0.3 is 10.7 Å². The van der Waals surface area contributed by atoms with Crippen LogP contribution < -0.4 is 10.5 Å². The van der Waals surface area contributed by atoms with E-state index in [0.29, 0.717) is 11.1 Å². The van der Waals surface area contributed by atoms with Gasteiger partial charge in [-0.05, 0) is 29.8 Å². The number of nitrogen functional groups attached to an aromatic ring is 1. The Bertz CT molecular complexity index is 872. The molecule has 3 rings (SSSR count). The van der Waals surface area contributed by atoms with E-state index >= 15 is 0 Å². The molecule has 2 heterocycles. The lowest BCUT2D eigenvalue weighted by atomic mass is 10.2. The fourth-order valence-electron chi connectivity index (χ4n) is 2.09. The lowest BCUT2D eigenvalue weighted by molar-refractivity contribution is 0.582. The lowest BCUT2D eigenvalue weighted by Gasteiger charge is -2.06. The first-order chi connectivity index (χ1) is 10.1. The Morgan fingerprint density at radius 2 is 2.14 bits per heavy atom. The van der Waals surface area contributed by atoms with E-state index < -0.39 is 10.0 Å². The van der Waals surface area contributed by atoms with E-state index in [1.165, 1.54) is 6.20 Å². The minimum atomic E-state index is -3.62. The molecular weight excluding hydrogens is 288 g/mol. The number of rotatable bonds is 4. The summed E-state index contributed by atoms with van der Waals surface area (Å²) in [6.45, 7) is 0.186. The zero-order valence-electron chi connectivity index (χ0n) is 11.1. The van der Waals surface area contributed by atoms with Crippen LogP contribution in [0.4, 0.5) is 5.69 Å². The van der Waals surface area contributed by atoms with Crippen LogP contribution in [0.5, 0.6) is 0 Å². The van der Waals surface area contributed by atoms with Gasteiger partial charge in [0.1, 0.15) is 4.90 Å². The summed E-state index contributed by atoms with van der Waals surface area (Å²) < 4.78 is 27.4. The molecule has 0 bridgehead atoms. The van der Waals surface area contributed by atoms with Crippen molar-refractivity contribution < 1.29 is 8.42 Å². The number of pyridine rings is 1. The SMILES string of the molecule is Nc1ccc2[nH]cc(S(=O)(=O)NCc3cccnc3)c2c1. The minimum absolute atomic E-state index is 0.186. The Balaban J connectivity index is 1.91. The van der Waals surface area contributed by atoms with Gasteiger partial charge in [0.25, 0.3) is 0 Å². The minimum Gasteiger partial charge on any atom is -0.399 e. The predicted octanol–water partition coefficient (Wildman–Crippen LogP) is 1.62. The molecule has 0 aliphatic rings. The lowest BCUT2D eigenvalue weighted by Crippen LogP contribution is -2.23. The van der Waals surface area contributed by atoms with Gasteiger partial charge in [-0.2, -0.15) is 0 Å². The second-order valence-corrected chi connectivity index (χ2v) is 6.38. The third-order valence-corrected chi connectivity index (χ3v) is 4.59. The molecule has 0 saturated heterocycles. The number of hydrogen-bond acceptors (Lipinski definition) is 4. The predicted molar refractivity (Wildman–Crippen MR) is 81.0 cm³/mol. The number of aromatic amines is 1. The summed E-state index contributed by atoms with van der Waals surface area (Å²) in [6.07, 6.45) is 4.73. The average Bonchev–Trinajstić information content (AvgIpc) is 2.90. The second kappa shape index (κ2) is 5.19. The monoisotopic (exact) mass is 302 g/mol. The van der Waals surface area contributed by atoms with Crippen molar-refractivity contribution in [3.8, 4) is 0 Å². The molecule has 0 aliphatic carbocycles. The Hall–Kier alpha value is -2.38. The van der Waals surface area contributed by atoms with Crippen LogP contribution in [0.1, 0.15) is 5.56 Å². The topological polar surface area (TPSA) is 101 Å². The fraction of sp³-hybridized carbons (Fsp3) is 0.0714. The molecule has 0 saturated carbocycles. The maximum atomic E-state index is 12.4. The van der Waals surface area contributed by atoms with Gasteiger partial charge in [0.2, 0.25) is 10.0 Å². The number of anilines is 1. The van der Waals surface area contributed by atoms with Crippen LogP contribution in [0.2, 0.25) is 0 Å². The number of nitrogens with zero attached hydrogens (tertiary/aromatic N) is 1. The number of aromatic nitrogens is 2. The van der Waals surface area contributed by atoms with Crippen LogP contribution in [-0.2, 0) is 16.6 Å². The smallest absolute Gasteiger partial charge is 0.242 e. The van der Waals surface area contributed by atoms with Crippen LogP contribution in [0.15, 0.2) is 53.8 Å². The van der Waals surface area contributed by atoms with Gasteiger partial charge >= 0.3 is 0 Å². The molecule has 0 fully saturated rings. The van der Waals surface area contributed by atoms with Gasteiger partial charge in [-0.1, -0.05) is 6.07 Å². The Morgan fingerprint density at radius 3 is 2.90 bits per heavy atom. The van der Waals surface area contributed by atoms with Crippen LogP contribution in [0.3, 0.4) is 0 Å². The number of fused-ring (bicyclic) bond motifs is 1.